The first-order chi connectivity index (χ1) is 14.6. The minimum absolute atomic E-state index is 0.0780. The van der Waals surface area contributed by atoms with Crippen LogP contribution in [0.4, 0.5) is 22.0 Å². The van der Waals surface area contributed by atoms with Crippen LogP contribution in [-0.4, -0.2) is 36.4 Å². The lowest BCUT2D eigenvalue weighted by Gasteiger charge is -2.34. The second-order valence-electron chi connectivity index (χ2n) is 7.66. The summed E-state index contributed by atoms with van der Waals surface area (Å²) >= 11 is 0. The highest BCUT2D eigenvalue weighted by atomic mass is 19.2. The molecule has 6 nitrogen and oxygen atoms in total. The summed E-state index contributed by atoms with van der Waals surface area (Å²) in [5, 5.41) is 0.836. The zero-order chi connectivity index (χ0) is 23.3. The summed E-state index contributed by atoms with van der Waals surface area (Å²) in [6, 6.07) is -0.987. The van der Waals surface area contributed by atoms with E-state index in [1.54, 1.807) is 13.8 Å². The van der Waals surface area contributed by atoms with Crippen molar-refractivity contribution in [2.75, 3.05) is 6.61 Å². The van der Waals surface area contributed by atoms with E-state index in [0.29, 0.717) is 19.4 Å². The molecule has 1 heterocycles. The van der Waals surface area contributed by atoms with E-state index in [0.717, 1.165) is 17.9 Å². The number of hydrogen-bond donors (Lipinski definition) is 0. The van der Waals surface area contributed by atoms with Gasteiger partial charge < -0.3 is 9.47 Å². The van der Waals surface area contributed by atoms with Crippen LogP contribution in [0.15, 0.2) is 0 Å². The Morgan fingerprint density at radius 1 is 1.06 bits per heavy atom. The predicted octanol–water partition coefficient (Wildman–Crippen LogP) is 4.25. The molecule has 31 heavy (non-hydrogen) atoms. The van der Waals surface area contributed by atoms with Gasteiger partial charge in [0.15, 0.2) is 6.29 Å². The number of rotatable bonds is 9. The fourth-order valence-electron chi connectivity index (χ4n) is 3.17. The second-order valence-corrected chi connectivity index (χ2v) is 7.66. The van der Waals surface area contributed by atoms with Gasteiger partial charge in [0.25, 0.3) is 0 Å². The average Bonchev–Trinajstić information content (AvgIpc) is 2.76. The van der Waals surface area contributed by atoms with Gasteiger partial charge in [-0.25, -0.2) is 23.1 Å². The first kappa shape index (κ1) is 25.0. The molecule has 1 unspecified atom stereocenters. The fraction of sp³-hybridized carbons (Fsp3) is 0.600. The molecule has 0 aliphatic carbocycles. The summed E-state index contributed by atoms with van der Waals surface area (Å²) in [7, 11) is 0. The Morgan fingerprint density at radius 2 is 1.65 bits per heavy atom. The molecule has 1 fully saturated rings. The van der Waals surface area contributed by atoms with Crippen molar-refractivity contribution in [3.05, 3.63) is 29.1 Å². The van der Waals surface area contributed by atoms with Crippen LogP contribution in [0.1, 0.15) is 46.5 Å². The van der Waals surface area contributed by atoms with Crippen molar-refractivity contribution >= 4 is 12.4 Å². The Labute approximate surface area is 176 Å². The van der Waals surface area contributed by atoms with E-state index in [2.05, 4.69) is 4.74 Å². The maximum Gasteiger partial charge on any atom is 0.316 e. The zero-order valence-corrected chi connectivity index (χ0v) is 17.3. The molecule has 1 saturated heterocycles. The molecular weight excluding hydrogens is 429 g/mol. The molecule has 2 rings (SSSR count). The molecule has 1 aromatic carbocycles. The van der Waals surface area contributed by atoms with Crippen LogP contribution in [0.5, 0.6) is 5.75 Å². The molecule has 0 bridgehead atoms. The van der Waals surface area contributed by atoms with Crippen LogP contribution in [0.25, 0.3) is 0 Å². The maximum atomic E-state index is 13.9. The number of carbonyl (C=O) groups excluding carboxylic acids is 2. The monoisotopic (exact) mass is 453 g/mol. The largest absolute Gasteiger partial charge is 0.420 e. The summed E-state index contributed by atoms with van der Waals surface area (Å²) in [6.45, 7) is 5.34. The Bertz CT molecular complexity index is 772. The van der Waals surface area contributed by atoms with E-state index in [1.807, 2.05) is 0 Å². The molecule has 11 heteroatoms. The SMILES string of the molecule is CC(C)C[C@@H](C(=O)Oc1c(F)c(F)c(F)c(F)c1F)[C@H](C)N(C=O)OC1CCCCO1. The lowest BCUT2D eigenvalue weighted by atomic mass is 9.91. The summed E-state index contributed by atoms with van der Waals surface area (Å²) in [6.07, 6.45) is 1.84. The number of benzene rings is 1. The number of hydroxylamine groups is 2. The first-order valence-electron chi connectivity index (χ1n) is 9.83. The number of ether oxygens (including phenoxy) is 2. The molecule has 0 saturated carbocycles. The minimum atomic E-state index is -2.37. The Balaban J connectivity index is 2.26. The molecule has 0 N–H and O–H groups in total. The Hall–Kier alpha value is -2.27. The van der Waals surface area contributed by atoms with E-state index in [1.165, 1.54) is 6.92 Å². The zero-order valence-electron chi connectivity index (χ0n) is 17.3. The van der Waals surface area contributed by atoms with Crippen LogP contribution in [0.3, 0.4) is 0 Å². The van der Waals surface area contributed by atoms with Crippen molar-refractivity contribution in [1.29, 1.82) is 0 Å². The summed E-state index contributed by atoms with van der Waals surface area (Å²) in [4.78, 5) is 29.7. The second kappa shape index (κ2) is 10.9. The van der Waals surface area contributed by atoms with Gasteiger partial charge in [-0.1, -0.05) is 13.8 Å². The topological polar surface area (TPSA) is 65.1 Å². The van der Waals surface area contributed by atoms with Crippen molar-refractivity contribution in [1.82, 2.24) is 5.06 Å². The van der Waals surface area contributed by atoms with Crippen LogP contribution in [-0.2, 0) is 19.2 Å². The van der Waals surface area contributed by atoms with E-state index in [4.69, 9.17) is 9.57 Å². The number of esters is 1. The molecule has 0 spiro atoms. The Morgan fingerprint density at radius 3 is 2.13 bits per heavy atom. The Kier molecular flexibility index (Phi) is 8.75. The third-order valence-corrected chi connectivity index (χ3v) is 4.87. The summed E-state index contributed by atoms with van der Waals surface area (Å²) in [5.74, 6) is -15.7. The van der Waals surface area contributed by atoms with Gasteiger partial charge in [-0.3, -0.25) is 9.59 Å². The number of hydrogen-bond acceptors (Lipinski definition) is 5. The standard InChI is InChI=1S/C20H24F5NO5/c1-10(2)8-12(11(3)26(9-27)31-13-6-4-5-7-29-13)20(28)30-19-17(24)15(22)14(21)16(23)18(19)25/h9-13H,4-8H2,1-3H3/t11-,12+,13?/m0/s1. The molecule has 1 amide bonds. The smallest absolute Gasteiger partial charge is 0.316 e. The lowest BCUT2D eigenvalue weighted by molar-refractivity contribution is -0.288. The highest BCUT2D eigenvalue weighted by Crippen LogP contribution is 2.31. The van der Waals surface area contributed by atoms with Gasteiger partial charge in [0, 0.05) is 13.0 Å². The molecular formula is C20H24F5NO5. The predicted molar refractivity (Wildman–Crippen MR) is 96.9 cm³/mol. The molecule has 0 radical (unpaired) electrons. The normalized spacial score (nSPS) is 18.5. The molecule has 0 aromatic heterocycles. The minimum Gasteiger partial charge on any atom is -0.420 e. The van der Waals surface area contributed by atoms with Crippen molar-refractivity contribution in [3.63, 3.8) is 0 Å². The van der Waals surface area contributed by atoms with Crippen LogP contribution < -0.4 is 4.74 Å². The molecule has 1 aliphatic heterocycles. The van der Waals surface area contributed by atoms with Gasteiger partial charge >= 0.3 is 5.97 Å². The molecule has 3 atom stereocenters. The quantitative estimate of drug-likeness (QED) is 0.106. The third kappa shape index (κ3) is 5.91. The molecule has 174 valence electrons. The van der Waals surface area contributed by atoms with Crippen molar-refractivity contribution < 1.29 is 45.9 Å². The number of halogens is 5. The van der Waals surface area contributed by atoms with Gasteiger partial charge in [-0.15, -0.1) is 0 Å². The number of amides is 1. The van der Waals surface area contributed by atoms with Crippen LogP contribution in [0, 0.1) is 40.9 Å². The molecule has 1 aromatic rings. The van der Waals surface area contributed by atoms with Gasteiger partial charge in [-0.2, -0.15) is 8.78 Å². The van der Waals surface area contributed by atoms with Gasteiger partial charge in [-0.05, 0) is 32.1 Å². The maximum absolute atomic E-state index is 13.9. The van der Waals surface area contributed by atoms with Crippen molar-refractivity contribution in [2.24, 2.45) is 11.8 Å². The third-order valence-electron chi connectivity index (χ3n) is 4.87. The number of nitrogens with zero attached hydrogens (tertiary/aromatic N) is 1. The van der Waals surface area contributed by atoms with E-state index in [-0.39, 0.29) is 12.3 Å². The molecule has 1 aliphatic rings. The first-order valence-corrected chi connectivity index (χ1v) is 9.83. The van der Waals surface area contributed by atoms with Crippen LogP contribution >= 0.6 is 0 Å². The van der Waals surface area contributed by atoms with E-state index < -0.39 is 59.1 Å². The summed E-state index contributed by atoms with van der Waals surface area (Å²) < 4.78 is 77.9. The van der Waals surface area contributed by atoms with Gasteiger partial charge in [0.2, 0.25) is 41.2 Å². The highest BCUT2D eigenvalue weighted by Gasteiger charge is 2.36. The van der Waals surface area contributed by atoms with Crippen molar-refractivity contribution in [2.45, 2.75) is 58.8 Å². The average molecular weight is 453 g/mol. The summed E-state index contributed by atoms with van der Waals surface area (Å²) in [5.41, 5.74) is 0. The van der Waals surface area contributed by atoms with E-state index >= 15 is 0 Å². The lowest BCUT2D eigenvalue weighted by Crippen LogP contribution is -2.45. The van der Waals surface area contributed by atoms with Crippen molar-refractivity contribution in [3.8, 4) is 5.75 Å². The fourth-order valence-corrected chi connectivity index (χ4v) is 3.17. The van der Waals surface area contributed by atoms with Crippen LogP contribution in [0.2, 0.25) is 0 Å². The van der Waals surface area contributed by atoms with E-state index in [9.17, 15) is 31.5 Å². The van der Waals surface area contributed by atoms with Gasteiger partial charge in [0.05, 0.1) is 12.0 Å². The van der Waals surface area contributed by atoms with Gasteiger partial charge in [0.1, 0.15) is 0 Å². The number of carbonyl (C=O) groups is 2. The highest BCUT2D eigenvalue weighted by molar-refractivity contribution is 5.76.